The molecule has 0 bridgehead atoms. The molecule has 20 heavy (non-hydrogen) atoms. The van der Waals surface area contributed by atoms with Crippen molar-refractivity contribution < 1.29 is 9.90 Å². The Bertz CT molecular complexity index is 617. The van der Waals surface area contributed by atoms with Crippen LogP contribution >= 0.6 is 0 Å². The van der Waals surface area contributed by atoms with Gasteiger partial charge < -0.3 is 14.8 Å². The van der Waals surface area contributed by atoms with Crippen molar-refractivity contribution in [1.29, 1.82) is 0 Å². The van der Waals surface area contributed by atoms with Crippen molar-refractivity contribution >= 4 is 11.6 Å². The first-order valence-electron chi connectivity index (χ1n) is 6.77. The number of rotatable bonds is 6. The number of aromatic nitrogens is 2. The van der Waals surface area contributed by atoms with Gasteiger partial charge in [-0.1, -0.05) is 0 Å². The van der Waals surface area contributed by atoms with Gasteiger partial charge in [-0.15, -0.1) is 0 Å². The summed E-state index contributed by atoms with van der Waals surface area (Å²) in [7, 11) is 0. The maximum absolute atomic E-state index is 11.0. The molecule has 2 aromatic heterocycles. The molecule has 108 valence electrons. The highest BCUT2D eigenvalue weighted by atomic mass is 16.4. The molecule has 0 saturated heterocycles. The molecule has 0 fully saturated rings. The van der Waals surface area contributed by atoms with E-state index in [1.807, 2.05) is 35.9 Å². The lowest BCUT2D eigenvalue weighted by Crippen LogP contribution is -2.29. The molecule has 5 nitrogen and oxygen atoms in total. The highest BCUT2D eigenvalue weighted by molar-refractivity contribution is 5.73. The largest absolute Gasteiger partial charge is 0.481 e. The smallest absolute Gasteiger partial charge is 0.309 e. The van der Waals surface area contributed by atoms with E-state index in [0.29, 0.717) is 19.5 Å². The van der Waals surface area contributed by atoms with E-state index >= 15 is 0 Å². The minimum absolute atomic E-state index is 0.595. The van der Waals surface area contributed by atoms with Crippen molar-refractivity contribution in [3.63, 3.8) is 0 Å². The topological polar surface area (TPSA) is 66.6 Å². The lowest BCUT2D eigenvalue weighted by atomic mass is 9.90. The van der Waals surface area contributed by atoms with Crippen molar-refractivity contribution in [3.05, 3.63) is 35.8 Å². The predicted molar refractivity (Wildman–Crippen MR) is 77.7 cm³/mol. The molecule has 2 N–H and O–H groups in total. The van der Waals surface area contributed by atoms with Crippen molar-refractivity contribution in [2.24, 2.45) is 5.41 Å². The van der Waals surface area contributed by atoms with Crippen molar-refractivity contribution in [1.82, 2.24) is 14.7 Å². The zero-order chi connectivity index (χ0) is 14.8. The van der Waals surface area contributed by atoms with E-state index in [0.717, 1.165) is 11.3 Å². The van der Waals surface area contributed by atoms with Crippen molar-refractivity contribution in [3.8, 4) is 0 Å². The van der Waals surface area contributed by atoms with Gasteiger partial charge in [-0.05, 0) is 51.4 Å². The molecule has 2 rings (SSSR count). The number of hydrogen-bond acceptors (Lipinski definition) is 3. The van der Waals surface area contributed by atoms with Gasteiger partial charge in [-0.3, -0.25) is 4.79 Å². The average molecular weight is 275 g/mol. The fourth-order valence-electron chi connectivity index (χ4n) is 1.99. The van der Waals surface area contributed by atoms with Gasteiger partial charge in [0.25, 0.3) is 0 Å². The number of hydrogen-bond donors (Lipinski definition) is 2. The van der Waals surface area contributed by atoms with E-state index in [-0.39, 0.29) is 0 Å². The Morgan fingerprint density at radius 2 is 2.25 bits per heavy atom. The standard InChI is InChI=1S/C15H21N3O2/c1-11-4-7-18-12(10-17-13(18)8-11)9-16-6-5-15(2,3)14(19)20/h4,7-8,10,16H,5-6,9H2,1-3H3,(H,19,20). The summed E-state index contributed by atoms with van der Waals surface area (Å²) in [4.78, 5) is 15.4. The Hall–Kier alpha value is -1.88. The Balaban J connectivity index is 1.92. The van der Waals surface area contributed by atoms with Crippen LogP contribution in [-0.2, 0) is 11.3 Å². The molecule has 0 atom stereocenters. The molecule has 0 unspecified atom stereocenters. The fraction of sp³-hybridized carbons (Fsp3) is 0.467. The third kappa shape index (κ3) is 3.17. The van der Waals surface area contributed by atoms with Crippen LogP contribution in [0.15, 0.2) is 24.5 Å². The van der Waals surface area contributed by atoms with E-state index < -0.39 is 11.4 Å². The molecule has 0 aliphatic heterocycles. The Morgan fingerprint density at radius 3 is 2.95 bits per heavy atom. The van der Waals surface area contributed by atoms with Gasteiger partial charge in [0.05, 0.1) is 17.3 Å². The van der Waals surface area contributed by atoms with Gasteiger partial charge in [0.15, 0.2) is 0 Å². The summed E-state index contributed by atoms with van der Waals surface area (Å²) >= 11 is 0. The second kappa shape index (κ2) is 5.63. The Labute approximate surface area is 118 Å². The van der Waals surface area contributed by atoms with Crippen LogP contribution < -0.4 is 5.32 Å². The van der Waals surface area contributed by atoms with Crippen LogP contribution in [0.1, 0.15) is 31.5 Å². The molecular formula is C15H21N3O2. The molecule has 5 heteroatoms. The van der Waals surface area contributed by atoms with Gasteiger partial charge in [0, 0.05) is 12.7 Å². The minimum Gasteiger partial charge on any atom is -0.481 e. The van der Waals surface area contributed by atoms with E-state index in [1.165, 1.54) is 5.56 Å². The van der Waals surface area contributed by atoms with E-state index in [1.54, 1.807) is 13.8 Å². The Kier molecular flexibility index (Phi) is 4.09. The lowest BCUT2D eigenvalue weighted by molar-refractivity contribution is -0.147. The number of aliphatic carboxylic acids is 1. The summed E-state index contributed by atoms with van der Waals surface area (Å²) in [5.41, 5.74) is 2.51. The van der Waals surface area contributed by atoms with Crippen LogP contribution in [0.4, 0.5) is 0 Å². The molecular weight excluding hydrogens is 254 g/mol. The van der Waals surface area contributed by atoms with Crippen LogP contribution in [0.2, 0.25) is 0 Å². The van der Waals surface area contributed by atoms with Crippen molar-refractivity contribution in [2.45, 2.75) is 33.7 Å². The monoisotopic (exact) mass is 275 g/mol. The molecule has 0 radical (unpaired) electrons. The van der Waals surface area contributed by atoms with Gasteiger partial charge in [0.2, 0.25) is 0 Å². The SMILES string of the molecule is Cc1ccn2c(CNCCC(C)(C)C(=O)O)cnc2c1. The minimum atomic E-state index is -0.760. The number of carboxylic acids is 1. The maximum atomic E-state index is 11.0. The first kappa shape index (κ1) is 14.5. The predicted octanol–water partition coefficient (Wildman–Crippen LogP) is 2.23. The summed E-state index contributed by atoms with van der Waals surface area (Å²) in [5.74, 6) is -0.760. The number of nitrogens with one attached hydrogen (secondary N) is 1. The maximum Gasteiger partial charge on any atom is 0.309 e. The van der Waals surface area contributed by atoms with Crippen LogP contribution in [0.5, 0.6) is 0 Å². The second-order valence-electron chi connectivity index (χ2n) is 5.80. The zero-order valence-corrected chi connectivity index (χ0v) is 12.2. The number of aryl methyl sites for hydroxylation is 1. The molecule has 2 heterocycles. The number of fused-ring (bicyclic) bond motifs is 1. The molecule has 0 aliphatic carbocycles. The molecule has 0 spiro atoms. The van der Waals surface area contributed by atoms with Gasteiger partial charge in [-0.25, -0.2) is 4.98 Å². The first-order valence-corrected chi connectivity index (χ1v) is 6.77. The normalized spacial score (nSPS) is 11.9. The quantitative estimate of drug-likeness (QED) is 0.793. The van der Waals surface area contributed by atoms with Gasteiger partial charge >= 0.3 is 5.97 Å². The number of pyridine rings is 1. The third-order valence-corrected chi connectivity index (χ3v) is 3.56. The summed E-state index contributed by atoms with van der Waals surface area (Å²) in [6.07, 6.45) is 4.46. The molecule has 2 aromatic rings. The number of nitrogens with zero attached hydrogens (tertiary/aromatic N) is 2. The molecule has 0 amide bonds. The summed E-state index contributed by atoms with van der Waals surface area (Å²) in [6.45, 7) is 6.88. The van der Waals surface area contributed by atoms with Gasteiger partial charge in [0.1, 0.15) is 5.65 Å². The van der Waals surface area contributed by atoms with Gasteiger partial charge in [-0.2, -0.15) is 0 Å². The lowest BCUT2D eigenvalue weighted by Gasteiger charge is -2.18. The van der Waals surface area contributed by atoms with Crippen LogP contribution in [0, 0.1) is 12.3 Å². The fourth-order valence-corrected chi connectivity index (χ4v) is 1.99. The van der Waals surface area contributed by atoms with Crippen LogP contribution in [0.25, 0.3) is 5.65 Å². The van der Waals surface area contributed by atoms with Crippen LogP contribution in [-0.4, -0.2) is 27.0 Å². The second-order valence-corrected chi connectivity index (χ2v) is 5.80. The number of carbonyl (C=O) groups is 1. The zero-order valence-electron chi connectivity index (χ0n) is 12.2. The summed E-state index contributed by atoms with van der Waals surface area (Å²) in [6, 6.07) is 4.09. The van der Waals surface area contributed by atoms with Crippen LogP contribution in [0.3, 0.4) is 0 Å². The molecule has 0 saturated carbocycles. The average Bonchev–Trinajstić information content (AvgIpc) is 2.76. The number of carboxylic acid groups (broad SMARTS) is 1. The van der Waals surface area contributed by atoms with E-state index in [4.69, 9.17) is 5.11 Å². The summed E-state index contributed by atoms with van der Waals surface area (Å²) in [5, 5.41) is 12.3. The van der Waals surface area contributed by atoms with E-state index in [2.05, 4.69) is 10.3 Å². The first-order chi connectivity index (χ1) is 9.40. The Morgan fingerprint density at radius 1 is 1.50 bits per heavy atom. The molecule has 0 aliphatic rings. The molecule has 0 aromatic carbocycles. The van der Waals surface area contributed by atoms with E-state index in [9.17, 15) is 4.79 Å². The van der Waals surface area contributed by atoms with Crippen molar-refractivity contribution in [2.75, 3.05) is 6.54 Å². The highest BCUT2D eigenvalue weighted by Crippen LogP contribution is 2.19. The highest BCUT2D eigenvalue weighted by Gasteiger charge is 2.26. The third-order valence-electron chi connectivity index (χ3n) is 3.56. The summed E-state index contributed by atoms with van der Waals surface area (Å²) < 4.78 is 2.04. The number of imidazole rings is 1.